The summed E-state index contributed by atoms with van der Waals surface area (Å²) in [4.78, 5) is 16.8. The Morgan fingerprint density at radius 1 is 1.55 bits per heavy atom. The van der Waals surface area contributed by atoms with E-state index in [0.717, 1.165) is 16.5 Å². The van der Waals surface area contributed by atoms with Gasteiger partial charge in [-0.25, -0.2) is 4.98 Å². The van der Waals surface area contributed by atoms with Crippen molar-refractivity contribution in [2.45, 2.75) is 43.5 Å². The normalized spacial score (nSPS) is 15.5. The van der Waals surface area contributed by atoms with Gasteiger partial charge in [-0.1, -0.05) is 16.9 Å². The lowest BCUT2D eigenvalue weighted by Crippen LogP contribution is -2.34. The van der Waals surface area contributed by atoms with Crippen LogP contribution < -0.4 is 5.32 Å². The summed E-state index contributed by atoms with van der Waals surface area (Å²) in [7, 11) is 0. The van der Waals surface area contributed by atoms with Crippen LogP contribution in [0.3, 0.4) is 0 Å². The Morgan fingerprint density at radius 3 is 3.05 bits per heavy atom. The molecule has 22 heavy (non-hydrogen) atoms. The van der Waals surface area contributed by atoms with E-state index in [4.69, 9.17) is 4.52 Å². The van der Waals surface area contributed by atoms with Crippen molar-refractivity contribution in [3.05, 3.63) is 41.4 Å². The lowest BCUT2D eigenvalue weighted by molar-refractivity contribution is 0.0932. The third kappa shape index (κ3) is 3.68. The van der Waals surface area contributed by atoms with Gasteiger partial charge in [0.1, 0.15) is 10.8 Å². The van der Waals surface area contributed by atoms with E-state index >= 15 is 0 Å². The van der Waals surface area contributed by atoms with Crippen molar-refractivity contribution in [1.29, 1.82) is 0 Å². The fourth-order valence-electron chi connectivity index (χ4n) is 2.31. The summed E-state index contributed by atoms with van der Waals surface area (Å²) in [6.07, 6.45) is 4.13. The number of carbonyl (C=O) groups is 1. The molecule has 116 valence electrons. The highest BCUT2D eigenvalue weighted by Gasteiger charge is 2.29. The molecule has 3 rings (SSSR count). The van der Waals surface area contributed by atoms with Gasteiger partial charge >= 0.3 is 0 Å². The molecule has 1 unspecified atom stereocenters. The summed E-state index contributed by atoms with van der Waals surface area (Å²) in [6, 6.07) is 5.73. The number of aryl methyl sites for hydroxylation is 1. The molecule has 5 nitrogen and oxygen atoms in total. The first-order valence-electron chi connectivity index (χ1n) is 7.44. The van der Waals surface area contributed by atoms with Gasteiger partial charge in [-0.3, -0.25) is 4.79 Å². The monoisotopic (exact) mass is 317 g/mol. The minimum atomic E-state index is -0.0497. The van der Waals surface area contributed by atoms with Crippen molar-refractivity contribution in [2.75, 3.05) is 0 Å². The lowest BCUT2D eigenvalue weighted by atomic mass is 10.2. The molecule has 1 aliphatic carbocycles. The molecule has 0 saturated heterocycles. The molecule has 1 fully saturated rings. The van der Waals surface area contributed by atoms with E-state index in [1.54, 1.807) is 12.3 Å². The first-order valence-corrected chi connectivity index (χ1v) is 8.43. The van der Waals surface area contributed by atoms with Crippen LogP contribution in [0.25, 0.3) is 0 Å². The number of hydrogen-bond donors (Lipinski definition) is 1. The van der Waals surface area contributed by atoms with Gasteiger partial charge in [-0.2, -0.15) is 0 Å². The third-order valence-electron chi connectivity index (χ3n) is 3.74. The minimum Gasteiger partial charge on any atom is -0.361 e. The summed E-state index contributed by atoms with van der Waals surface area (Å²) >= 11 is 1.50. The average molecular weight is 317 g/mol. The number of rotatable bonds is 6. The van der Waals surface area contributed by atoms with Crippen molar-refractivity contribution in [2.24, 2.45) is 5.92 Å². The number of amides is 1. The van der Waals surface area contributed by atoms with E-state index in [0.29, 0.717) is 17.2 Å². The quantitative estimate of drug-likeness (QED) is 0.829. The van der Waals surface area contributed by atoms with Crippen LogP contribution >= 0.6 is 11.8 Å². The van der Waals surface area contributed by atoms with Gasteiger partial charge < -0.3 is 9.84 Å². The Kier molecular flexibility index (Phi) is 4.47. The molecule has 1 amide bonds. The van der Waals surface area contributed by atoms with Crippen LogP contribution in [0.4, 0.5) is 0 Å². The van der Waals surface area contributed by atoms with Crippen LogP contribution in [0.2, 0.25) is 0 Å². The zero-order valence-corrected chi connectivity index (χ0v) is 13.5. The summed E-state index contributed by atoms with van der Waals surface area (Å²) in [5.74, 6) is 2.00. The SMILES string of the molecule is Cc1cc(CSc2ncccc2C(=O)NC(C)C2CC2)no1. The molecule has 0 radical (unpaired) electrons. The lowest BCUT2D eigenvalue weighted by Gasteiger charge is -2.14. The Morgan fingerprint density at radius 2 is 2.36 bits per heavy atom. The highest BCUT2D eigenvalue weighted by Crippen LogP contribution is 2.32. The second-order valence-corrected chi connectivity index (χ2v) is 6.64. The number of nitrogens with zero attached hydrogens (tertiary/aromatic N) is 2. The molecule has 1 aliphatic rings. The molecule has 2 aromatic heterocycles. The maximum Gasteiger partial charge on any atom is 0.254 e. The summed E-state index contributed by atoms with van der Waals surface area (Å²) in [6.45, 7) is 3.93. The van der Waals surface area contributed by atoms with Crippen LogP contribution in [0.1, 0.15) is 41.6 Å². The van der Waals surface area contributed by atoms with Gasteiger partial charge in [0.2, 0.25) is 0 Å². The number of carbonyl (C=O) groups excluding carboxylic acids is 1. The van der Waals surface area contributed by atoms with Crippen LogP contribution in [0.5, 0.6) is 0 Å². The van der Waals surface area contributed by atoms with E-state index in [2.05, 4.69) is 22.4 Å². The second kappa shape index (κ2) is 6.52. The molecule has 0 aliphatic heterocycles. The average Bonchev–Trinajstić information content (AvgIpc) is 3.28. The van der Waals surface area contributed by atoms with Gasteiger partial charge in [0.25, 0.3) is 5.91 Å². The molecule has 0 bridgehead atoms. The maximum absolute atomic E-state index is 12.4. The molecule has 6 heteroatoms. The van der Waals surface area contributed by atoms with Crippen LogP contribution in [-0.2, 0) is 5.75 Å². The van der Waals surface area contributed by atoms with E-state index in [1.807, 2.05) is 19.1 Å². The molecule has 1 N–H and O–H groups in total. The molecule has 0 spiro atoms. The van der Waals surface area contributed by atoms with E-state index in [9.17, 15) is 4.79 Å². The molecular formula is C16H19N3O2S. The van der Waals surface area contributed by atoms with Gasteiger partial charge in [0, 0.05) is 24.1 Å². The predicted molar refractivity (Wildman–Crippen MR) is 84.7 cm³/mol. The molecule has 1 saturated carbocycles. The first kappa shape index (κ1) is 15.1. The highest BCUT2D eigenvalue weighted by atomic mass is 32.2. The molecular weight excluding hydrogens is 298 g/mol. The van der Waals surface area contributed by atoms with E-state index in [-0.39, 0.29) is 11.9 Å². The maximum atomic E-state index is 12.4. The second-order valence-electron chi connectivity index (χ2n) is 5.67. The fourth-order valence-corrected chi connectivity index (χ4v) is 3.18. The van der Waals surface area contributed by atoms with Gasteiger partial charge in [-0.15, -0.1) is 0 Å². The highest BCUT2D eigenvalue weighted by molar-refractivity contribution is 7.98. The molecule has 2 heterocycles. The van der Waals surface area contributed by atoms with Crippen molar-refractivity contribution < 1.29 is 9.32 Å². The topological polar surface area (TPSA) is 68.0 Å². The van der Waals surface area contributed by atoms with Crippen molar-refractivity contribution >= 4 is 17.7 Å². The Balaban J connectivity index is 1.67. The van der Waals surface area contributed by atoms with Gasteiger partial charge in [0.15, 0.2) is 0 Å². The third-order valence-corrected chi connectivity index (χ3v) is 4.78. The Bertz CT molecular complexity index is 667. The van der Waals surface area contributed by atoms with E-state index in [1.165, 1.54) is 24.6 Å². The standard InChI is InChI=1S/C16H19N3O2S/c1-10-8-13(19-21-10)9-22-16-14(4-3-7-17-16)15(20)18-11(2)12-5-6-12/h3-4,7-8,11-12H,5-6,9H2,1-2H3,(H,18,20). The Hall–Kier alpha value is -1.82. The smallest absolute Gasteiger partial charge is 0.254 e. The van der Waals surface area contributed by atoms with Gasteiger partial charge in [-0.05, 0) is 44.7 Å². The van der Waals surface area contributed by atoms with Crippen LogP contribution in [0.15, 0.2) is 33.9 Å². The van der Waals surface area contributed by atoms with Crippen molar-refractivity contribution in [1.82, 2.24) is 15.5 Å². The van der Waals surface area contributed by atoms with E-state index < -0.39 is 0 Å². The number of hydrogen-bond acceptors (Lipinski definition) is 5. The van der Waals surface area contributed by atoms with Crippen molar-refractivity contribution in [3.8, 4) is 0 Å². The minimum absolute atomic E-state index is 0.0497. The predicted octanol–water partition coefficient (Wildman–Crippen LogP) is 3.20. The molecule has 1 atom stereocenters. The van der Waals surface area contributed by atoms with Crippen molar-refractivity contribution in [3.63, 3.8) is 0 Å². The summed E-state index contributed by atoms with van der Waals surface area (Å²) in [5.41, 5.74) is 1.48. The number of thioether (sulfide) groups is 1. The first-order chi connectivity index (χ1) is 10.6. The number of nitrogens with one attached hydrogen (secondary N) is 1. The fraction of sp³-hybridized carbons (Fsp3) is 0.438. The number of pyridine rings is 1. The largest absolute Gasteiger partial charge is 0.361 e. The van der Waals surface area contributed by atoms with Gasteiger partial charge in [0.05, 0.1) is 11.3 Å². The Labute approximate surface area is 133 Å². The zero-order chi connectivity index (χ0) is 15.5. The zero-order valence-electron chi connectivity index (χ0n) is 12.7. The number of aromatic nitrogens is 2. The summed E-state index contributed by atoms with van der Waals surface area (Å²) < 4.78 is 5.05. The summed E-state index contributed by atoms with van der Waals surface area (Å²) in [5, 5.41) is 7.76. The molecule has 2 aromatic rings. The molecule has 0 aromatic carbocycles. The van der Waals surface area contributed by atoms with Crippen LogP contribution in [0, 0.1) is 12.8 Å². The van der Waals surface area contributed by atoms with Crippen LogP contribution in [-0.4, -0.2) is 22.1 Å².